The summed E-state index contributed by atoms with van der Waals surface area (Å²) in [5, 5.41) is 0. The normalized spacial score (nSPS) is 25.8. The molecule has 0 aliphatic carbocycles. The zero-order chi connectivity index (χ0) is 18.9. The van der Waals surface area contributed by atoms with Crippen molar-refractivity contribution in [2.75, 3.05) is 26.7 Å². The van der Waals surface area contributed by atoms with Gasteiger partial charge in [-0.15, -0.1) is 0 Å². The second kappa shape index (κ2) is 6.91. The quantitative estimate of drug-likeness (QED) is 0.776. The van der Waals surface area contributed by atoms with E-state index in [1.165, 1.54) is 12.7 Å². The minimum Gasteiger partial charge on any atom is -0.467 e. The Bertz CT molecular complexity index is 670. The number of benzene rings is 1. The Hall–Kier alpha value is -2.08. The van der Waals surface area contributed by atoms with Crippen molar-refractivity contribution in [2.45, 2.75) is 44.9 Å². The molecule has 0 spiro atoms. The first-order chi connectivity index (χ1) is 12.3. The molecule has 2 fully saturated rings. The molecule has 1 aromatic carbocycles. The van der Waals surface area contributed by atoms with Gasteiger partial charge in [-0.3, -0.25) is 9.80 Å². The highest BCUT2D eigenvalue weighted by Gasteiger charge is 2.62. The van der Waals surface area contributed by atoms with Gasteiger partial charge in [-0.1, -0.05) is 30.3 Å². The largest absolute Gasteiger partial charge is 0.467 e. The number of esters is 1. The van der Waals surface area contributed by atoms with E-state index in [2.05, 4.69) is 17.0 Å². The fourth-order valence-electron chi connectivity index (χ4n) is 4.17. The molecular weight excluding hydrogens is 332 g/mol. The van der Waals surface area contributed by atoms with E-state index in [4.69, 9.17) is 9.47 Å². The number of hydrogen-bond donors (Lipinski definition) is 0. The lowest BCUT2D eigenvalue weighted by Gasteiger charge is -2.36. The van der Waals surface area contributed by atoms with Crippen LogP contribution in [0, 0.1) is 5.92 Å². The van der Waals surface area contributed by atoms with E-state index >= 15 is 0 Å². The summed E-state index contributed by atoms with van der Waals surface area (Å²) in [5.41, 5.74) is -0.364. The smallest absolute Gasteiger partial charge is 0.411 e. The van der Waals surface area contributed by atoms with Crippen molar-refractivity contribution in [1.82, 2.24) is 9.80 Å². The number of carbonyl (C=O) groups excluding carboxylic acids is 2. The number of likely N-dealkylation sites (tertiary alicyclic amines) is 2. The maximum Gasteiger partial charge on any atom is 0.411 e. The van der Waals surface area contributed by atoms with Gasteiger partial charge in [0, 0.05) is 32.1 Å². The Balaban J connectivity index is 1.83. The molecule has 2 aliphatic rings. The summed E-state index contributed by atoms with van der Waals surface area (Å²) >= 11 is 0. The van der Waals surface area contributed by atoms with Gasteiger partial charge >= 0.3 is 12.1 Å². The summed E-state index contributed by atoms with van der Waals surface area (Å²) in [6, 6.07) is 10.2. The summed E-state index contributed by atoms with van der Waals surface area (Å²) in [4.78, 5) is 29.4. The van der Waals surface area contributed by atoms with Gasteiger partial charge in [-0.2, -0.15) is 0 Å². The summed E-state index contributed by atoms with van der Waals surface area (Å²) < 4.78 is 10.7. The van der Waals surface area contributed by atoms with E-state index < -0.39 is 17.2 Å². The Kier molecular flexibility index (Phi) is 4.97. The first kappa shape index (κ1) is 18.7. The number of nitrogens with zero attached hydrogens (tertiary/aromatic N) is 2. The van der Waals surface area contributed by atoms with Crippen LogP contribution in [0.4, 0.5) is 4.79 Å². The molecule has 1 aromatic rings. The Morgan fingerprint density at radius 3 is 2.54 bits per heavy atom. The molecule has 2 aliphatic heterocycles. The van der Waals surface area contributed by atoms with Crippen LogP contribution in [0.1, 0.15) is 32.8 Å². The third kappa shape index (κ3) is 3.43. The van der Waals surface area contributed by atoms with Crippen LogP contribution >= 0.6 is 0 Å². The molecule has 2 atom stereocenters. The number of ether oxygens (including phenoxy) is 2. The van der Waals surface area contributed by atoms with Crippen LogP contribution in [0.25, 0.3) is 0 Å². The van der Waals surface area contributed by atoms with Crippen LogP contribution in [0.2, 0.25) is 0 Å². The maximum atomic E-state index is 12.8. The van der Waals surface area contributed by atoms with E-state index in [-0.39, 0.29) is 11.9 Å². The minimum absolute atomic E-state index is 0.0613. The Morgan fingerprint density at radius 2 is 1.92 bits per heavy atom. The zero-order valence-corrected chi connectivity index (χ0v) is 16.0. The Labute approximate surface area is 155 Å². The van der Waals surface area contributed by atoms with Crippen molar-refractivity contribution in [3.8, 4) is 0 Å². The van der Waals surface area contributed by atoms with Gasteiger partial charge in [0.15, 0.2) is 5.54 Å². The molecular formula is C20H28N2O4. The first-order valence-electron chi connectivity index (χ1n) is 9.11. The van der Waals surface area contributed by atoms with Crippen LogP contribution in [0.3, 0.4) is 0 Å². The number of methoxy groups -OCH3 is 1. The van der Waals surface area contributed by atoms with Gasteiger partial charge in [-0.05, 0) is 32.8 Å². The lowest BCUT2D eigenvalue weighted by molar-refractivity contribution is -0.154. The molecule has 142 valence electrons. The van der Waals surface area contributed by atoms with Crippen molar-refractivity contribution in [3.05, 3.63) is 35.9 Å². The van der Waals surface area contributed by atoms with Crippen LogP contribution < -0.4 is 0 Å². The van der Waals surface area contributed by atoms with Gasteiger partial charge in [0.1, 0.15) is 5.60 Å². The summed E-state index contributed by atoms with van der Waals surface area (Å²) in [6.07, 6.45) is 0.339. The van der Waals surface area contributed by atoms with Gasteiger partial charge in [0.25, 0.3) is 0 Å². The van der Waals surface area contributed by atoms with Crippen molar-refractivity contribution < 1.29 is 19.1 Å². The molecule has 0 unspecified atom stereocenters. The molecule has 26 heavy (non-hydrogen) atoms. The second-order valence-electron chi connectivity index (χ2n) is 8.19. The van der Waals surface area contributed by atoms with Crippen LogP contribution in [0.5, 0.6) is 0 Å². The van der Waals surface area contributed by atoms with Gasteiger partial charge in [0.2, 0.25) is 0 Å². The minimum atomic E-state index is -0.953. The van der Waals surface area contributed by atoms with Crippen LogP contribution in [0.15, 0.2) is 30.3 Å². The maximum absolute atomic E-state index is 12.8. The lowest BCUT2D eigenvalue weighted by atomic mass is 9.88. The summed E-state index contributed by atoms with van der Waals surface area (Å²) in [5.74, 6) is -0.285. The molecule has 6 heteroatoms. The molecule has 2 saturated heterocycles. The number of carbonyl (C=O) groups is 2. The van der Waals surface area contributed by atoms with E-state index in [0.29, 0.717) is 13.1 Å². The van der Waals surface area contributed by atoms with Crippen molar-refractivity contribution in [1.29, 1.82) is 0 Å². The highest BCUT2D eigenvalue weighted by molar-refractivity contribution is 5.88. The number of amides is 1. The van der Waals surface area contributed by atoms with E-state index in [1.807, 2.05) is 39.0 Å². The predicted octanol–water partition coefficient (Wildman–Crippen LogP) is 2.67. The van der Waals surface area contributed by atoms with Crippen molar-refractivity contribution in [3.63, 3.8) is 0 Å². The fraction of sp³-hybridized carbons (Fsp3) is 0.600. The van der Waals surface area contributed by atoms with E-state index in [9.17, 15) is 9.59 Å². The third-order valence-corrected chi connectivity index (χ3v) is 5.20. The van der Waals surface area contributed by atoms with Gasteiger partial charge in [0.05, 0.1) is 7.11 Å². The second-order valence-corrected chi connectivity index (χ2v) is 8.19. The average Bonchev–Trinajstić information content (AvgIpc) is 3.09. The van der Waals surface area contributed by atoms with E-state index in [1.54, 1.807) is 4.90 Å². The number of hydrogen-bond acceptors (Lipinski definition) is 5. The third-order valence-electron chi connectivity index (χ3n) is 5.20. The summed E-state index contributed by atoms with van der Waals surface area (Å²) in [7, 11) is 1.39. The molecule has 0 radical (unpaired) electrons. The fourth-order valence-corrected chi connectivity index (χ4v) is 4.17. The van der Waals surface area contributed by atoms with Crippen LogP contribution in [-0.2, 0) is 20.8 Å². The molecule has 0 bridgehead atoms. The molecule has 6 nitrogen and oxygen atoms in total. The van der Waals surface area contributed by atoms with Crippen molar-refractivity contribution >= 4 is 12.1 Å². The van der Waals surface area contributed by atoms with E-state index in [0.717, 1.165) is 19.5 Å². The molecule has 0 saturated carbocycles. The highest BCUT2D eigenvalue weighted by Crippen LogP contribution is 2.43. The number of rotatable bonds is 3. The first-order valence-corrected chi connectivity index (χ1v) is 9.11. The standard InChI is InChI=1S/C20H28N2O4/c1-19(2,3)26-18(24)22-11-10-16-13-21(12-15-8-6-5-7-9-15)14-20(16,22)17(23)25-4/h5-9,16H,10-14H2,1-4H3/t16-,20-/m1/s1. The summed E-state index contributed by atoms with van der Waals surface area (Å²) in [6.45, 7) is 8.01. The topological polar surface area (TPSA) is 59.1 Å². The number of fused-ring (bicyclic) bond motifs is 1. The molecule has 0 N–H and O–H groups in total. The zero-order valence-electron chi connectivity index (χ0n) is 16.0. The van der Waals surface area contributed by atoms with Crippen molar-refractivity contribution in [2.24, 2.45) is 5.92 Å². The monoisotopic (exact) mass is 360 g/mol. The molecule has 0 aromatic heterocycles. The van der Waals surface area contributed by atoms with Gasteiger partial charge in [-0.25, -0.2) is 9.59 Å². The molecule has 2 heterocycles. The van der Waals surface area contributed by atoms with Crippen LogP contribution in [-0.4, -0.2) is 59.7 Å². The van der Waals surface area contributed by atoms with Gasteiger partial charge < -0.3 is 9.47 Å². The average molecular weight is 360 g/mol. The predicted molar refractivity (Wildman–Crippen MR) is 97.5 cm³/mol. The SMILES string of the molecule is COC(=O)[C@@]12CN(Cc3ccccc3)C[C@H]1CCN2C(=O)OC(C)(C)C. The highest BCUT2D eigenvalue weighted by atomic mass is 16.6. The Morgan fingerprint density at radius 1 is 1.23 bits per heavy atom. The lowest BCUT2D eigenvalue weighted by Crippen LogP contribution is -2.59. The molecule has 3 rings (SSSR count). The molecule has 1 amide bonds.